The molecule has 2 heterocycles. The zero-order valence-electron chi connectivity index (χ0n) is 12.9. The van der Waals surface area contributed by atoms with E-state index in [1.165, 1.54) is 38.6 Å². The minimum absolute atomic E-state index is 0.108. The Balaban J connectivity index is 1.47. The number of hydrogen-bond donors (Lipinski definition) is 0. The molecule has 21 heavy (non-hydrogen) atoms. The number of aromatic nitrogens is 1. The van der Waals surface area contributed by atoms with Gasteiger partial charge in [-0.3, -0.25) is 9.69 Å². The molecule has 0 N–H and O–H groups in total. The van der Waals surface area contributed by atoms with Crippen molar-refractivity contribution in [3.8, 4) is 0 Å². The smallest absolute Gasteiger partial charge is 0.273 e. The number of thiazole rings is 1. The van der Waals surface area contributed by atoms with Gasteiger partial charge in [-0.15, -0.1) is 11.3 Å². The highest BCUT2D eigenvalue weighted by Crippen LogP contribution is 2.24. The number of amides is 1. The zero-order valence-corrected chi connectivity index (χ0v) is 13.7. The number of carbonyl (C=O) groups excluding carboxylic acids is 1. The number of rotatable bonds is 3. The summed E-state index contributed by atoms with van der Waals surface area (Å²) in [6, 6.07) is 0. The van der Waals surface area contributed by atoms with Crippen molar-refractivity contribution in [1.29, 1.82) is 0 Å². The molecule has 2 aliphatic rings. The van der Waals surface area contributed by atoms with Gasteiger partial charge in [0.25, 0.3) is 5.91 Å². The van der Waals surface area contributed by atoms with Gasteiger partial charge in [0.15, 0.2) is 0 Å². The second kappa shape index (κ2) is 6.88. The minimum Gasteiger partial charge on any atom is -0.335 e. The van der Waals surface area contributed by atoms with Crippen LogP contribution in [0.4, 0.5) is 0 Å². The molecule has 1 aromatic heterocycles. The topological polar surface area (TPSA) is 36.4 Å². The summed E-state index contributed by atoms with van der Waals surface area (Å²) in [5.41, 5.74) is 0.623. The Hall–Kier alpha value is -0.940. The average molecular weight is 307 g/mol. The van der Waals surface area contributed by atoms with Crippen LogP contribution >= 0.6 is 11.3 Å². The van der Waals surface area contributed by atoms with E-state index < -0.39 is 0 Å². The maximum atomic E-state index is 12.4. The maximum absolute atomic E-state index is 12.4. The second-order valence-electron chi connectivity index (χ2n) is 6.35. The Bertz CT molecular complexity index is 474. The molecule has 3 rings (SSSR count). The Kier molecular flexibility index (Phi) is 4.91. The normalized spacial score (nSPS) is 21.7. The minimum atomic E-state index is 0.108. The van der Waals surface area contributed by atoms with Crippen molar-refractivity contribution in [3.63, 3.8) is 0 Å². The molecule has 0 radical (unpaired) electrons. The molecular formula is C16H25N3OS. The van der Waals surface area contributed by atoms with Crippen LogP contribution in [0, 0.1) is 12.8 Å². The average Bonchev–Trinajstić information content (AvgIpc) is 2.95. The summed E-state index contributed by atoms with van der Waals surface area (Å²) in [5.74, 6) is 0.999. The van der Waals surface area contributed by atoms with Gasteiger partial charge in [-0.2, -0.15) is 0 Å². The fourth-order valence-corrected chi connectivity index (χ4v) is 4.08. The molecule has 5 heteroatoms. The summed E-state index contributed by atoms with van der Waals surface area (Å²) in [5, 5.41) is 2.85. The van der Waals surface area contributed by atoms with Crippen LogP contribution in [0.5, 0.6) is 0 Å². The molecule has 0 unspecified atom stereocenters. The van der Waals surface area contributed by atoms with Crippen LogP contribution in [0.15, 0.2) is 5.38 Å². The molecule has 4 nitrogen and oxygen atoms in total. The van der Waals surface area contributed by atoms with E-state index in [0.29, 0.717) is 5.69 Å². The van der Waals surface area contributed by atoms with Crippen LogP contribution in [-0.2, 0) is 0 Å². The third-order valence-corrected chi connectivity index (χ3v) is 5.51. The van der Waals surface area contributed by atoms with Crippen molar-refractivity contribution in [2.24, 2.45) is 5.92 Å². The van der Waals surface area contributed by atoms with Crippen LogP contribution in [0.1, 0.15) is 47.6 Å². The first-order valence-electron chi connectivity index (χ1n) is 8.16. The van der Waals surface area contributed by atoms with E-state index in [-0.39, 0.29) is 5.91 Å². The van der Waals surface area contributed by atoms with E-state index in [4.69, 9.17) is 0 Å². The van der Waals surface area contributed by atoms with E-state index >= 15 is 0 Å². The molecule has 1 aliphatic carbocycles. The Morgan fingerprint density at radius 3 is 2.57 bits per heavy atom. The molecule has 116 valence electrons. The zero-order chi connectivity index (χ0) is 14.7. The van der Waals surface area contributed by atoms with E-state index in [0.717, 1.165) is 37.1 Å². The molecule has 0 atom stereocenters. The molecule has 1 saturated carbocycles. The molecule has 0 bridgehead atoms. The van der Waals surface area contributed by atoms with Crippen LogP contribution in [0.2, 0.25) is 0 Å². The molecule has 1 amide bonds. The summed E-state index contributed by atoms with van der Waals surface area (Å²) in [7, 11) is 0. The Labute approximate surface area is 131 Å². The summed E-state index contributed by atoms with van der Waals surface area (Å²) < 4.78 is 0. The summed E-state index contributed by atoms with van der Waals surface area (Å²) >= 11 is 1.55. The first kappa shape index (κ1) is 15.0. The van der Waals surface area contributed by atoms with Crippen LogP contribution in [0.3, 0.4) is 0 Å². The second-order valence-corrected chi connectivity index (χ2v) is 7.41. The van der Waals surface area contributed by atoms with Crippen LogP contribution in [-0.4, -0.2) is 53.4 Å². The van der Waals surface area contributed by atoms with Gasteiger partial charge >= 0.3 is 0 Å². The van der Waals surface area contributed by atoms with E-state index in [9.17, 15) is 4.79 Å². The van der Waals surface area contributed by atoms with Gasteiger partial charge in [-0.25, -0.2) is 4.98 Å². The van der Waals surface area contributed by atoms with E-state index in [2.05, 4.69) is 9.88 Å². The lowest BCUT2D eigenvalue weighted by atomic mass is 9.89. The number of carbonyl (C=O) groups is 1. The van der Waals surface area contributed by atoms with Gasteiger partial charge in [-0.1, -0.05) is 19.3 Å². The van der Waals surface area contributed by atoms with Gasteiger partial charge in [0.2, 0.25) is 0 Å². The van der Waals surface area contributed by atoms with Gasteiger partial charge in [-0.05, 0) is 25.7 Å². The van der Waals surface area contributed by atoms with E-state index in [1.807, 2.05) is 17.2 Å². The fourth-order valence-electron chi connectivity index (χ4n) is 3.49. The molecule has 0 aromatic carbocycles. The Morgan fingerprint density at radius 1 is 1.24 bits per heavy atom. The number of aryl methyl sites for hydroxylation is 1. The monoisotopic (exact) mass is 307 g/mol. The first-order chi connectivity index (χ1) is 10.2. The quantitative estimate of drug-likeness (QED) is 0.861. The first-order valence-corrected chi connectivity index (χ1v) is 9.04. The lowest BCUT2D eigenvalue weighted by Crippen LogP contribution is -2.50. The Morgan fingerprint density at radius 2 is 1.95 bits per heavy atom. The lowest BCUT2D eigenvalue weighted by molar-refractivity contribution is 0.0601. The highest BCUT2D eigenvalue weighted by molar-refractivity contribution is 7.09. The predicted molar refractivity (Wildman–Crippen MR) is 85.8 cm³/mol. The summed E-state index contributed by atoms with van der Waals surface area (Å²) in [6.45, 7) is 6.92. The SMILES string of the molecule is Cc1nc(C(=O)N2CCN(CC3CCCCC3)CC2)cs1. The van der Waals surface area contributed by atoms with Gasteiger partial charge < -0.3 is 4.90 Å². The number of hydrogen-bond acceptors (Lipinski definition) is 4. The number of nitrogens with zero attached hydrogens (tertiary/aromatic N) is 3. The van der Waals surface area contributed by atoms with E-state index in [1.54, 1.807) is 11.3 Å². The molecular weight excluding hydrogens is 282 g/mol. The fraction of sp³-hybridized carbons (Fsp3) is 0.750. The van der Waals surface area contributed by atoms with Gasteiger partial charge in [0.1, 0.15) is 5.69 Å². The van der Waals surface area contributed by atoms with Crippen molar-refractivity contribution < 1.29 is 4.79 Å². The highest BCUT2D eigenvalue weighted by Gasteiger charge is 2.25. The van der Waals surface area contributed by atoms with Crippen molar-refractivity contribution in [3.05, 3.63) is 16.1 Å². The highest BCUT2D eigenvalue weighted by atomic mass is 32.1. The molecule has 1 saturated heterocycles. The standard InChI is InChI=1S/C16H25N3OS/c1-13-17-15(12-21-13)16(20)19-9-7-18(8-10-19)11-14-5-3-2-4-6-14/h12,14H,2-11H2,1H3. The third-order valence-electron chi connectivity index (χ3n) is 4.74. The summed E-state index contributed by atoms with van der Waals surface area (Å²) in [6.07, 6.45) is 7.04. The van der Waals surface area contributed by atoms with Crippen LogP contribution < -0.4 is 0 Å². The van der Waals surface area contributed by atoms with Crippen molar-refractivity contribution in [1.82, 2.24) is 14.8 Å². The lowest BCUT2D eigenvalue weighted by Gasteiger charge is -2.37. The largest absolute Gasteiger partial charge is 0.335 e. The third kappa shape index (κ3) is 3.83. The van der Waals surface area contributed by atoms with Crippen LogP contribution in [0.25, 0.3) is 0 Å². The van der Waals surface area contributed by atoms with Crippen molar-refractivity contribution >= 4 is 17.2 Å². The molecule has 2 fully saturated rings. The number of piperazine rings is 1. The van der Waals surface area contributed by atoms with Gasteiger partial charge in [0.05, 0.1) is 5.01 Å². The maximum Gasteiger partial charge on any atom is 0.273 e. The van der Waals surface area contributed by atoms with Crippen molar-refractivity contribution in [2.45, 2.75) is 39.0 Å². The van der Waals surface area contributed by atoms with Gasteiger partial charge in [0, 0.05) is 38.1 Å². The molecule has 1 aliphatic heterocycles. The summed E-state index contributed by atoms with van der Waals surface area (Å²) in [4.78, 5) is 21.2. The molecule has 0 spiro atoms. The predicted octanol–water partition coefficient (Wildman–Crippen LogP) is 2.79. The van der Waals surface area contributed by atoms with Crippen molar-refractivity contribution in [2.75, 3.05) is 32.7 Å². The molecule has 1 aromatic rings.